The van der Waals surface area contributed by atoms with Gasteiger partial charge in [0.05, 0.1) is 0 Å². The standard InChI is InChI=1S/C23H29ClN2O3/c1-4-13-25-23(28)17(3)26(15-19-7-6-8-20(24)14-19)22(27)16-29-21-11-9-18(5-2)10-12-21/h6-12,14,17H,4-5,13,15-16H2,1-3H3,(H,25,28)/t17-/m1/s1. The largest absolute Gasteiger partial charge is 0.484 e. The molecule has 2 rings (SSSR count). The molecule has 0 fully saturated rings. The number of benzene rings is 2. The fourth-order valence-corrected chi connectivity index (χ4v) is 3.07. The maximum Gasteiger partial charge on any atom is 0.261 e. The number of hydrogen-bond acceptors (Lipinski definition) is 3. The third kappa shape index (κ3) is 7.09. The Labute approximate surface area is 178 Å². The first kappa shape index (κ1) is 22.8. The fraction of sp³-hybridized carbons (Fsp3) is 0.391. The van der Waals surface area contributed by atoms with Gasteiger partial charge in [-0.05, 0) is 55.2 Å². The van der Waals surface area contributed by atoms with E-state index in [1.807, 2.05) is 43.3 Å². The minimum Gasteiger partial charge on any atom is -0.484 e. The average Bonchev–Trinajstić information content (AvgIpc) is 2.74. The number of nitrogens with one attached hydrogen (secondary N) is 1. The molecule has 29 heavy (non-hydrogen) atoms. The normalized spacial score (nSPS) is 11.6. The summed E-state index contributed by atoms with van der Waals surface area (Å²) in [5.74, 6) is 0.180. The van der Waals surface area contributed by atoms with Gasteiger partial charge in [0.1, 0.15) is 11.8 Å². The molecule has 156 valence electrons. The molecule has 2 amide bonds. The molecule has 0 saturated heterocycles. The van der Waals surface area contributed by atoms with Crippen LogP contribution in [0.3, 0.4) is 0 Å². The van der Waals surface area contributed by atoms with Crippen LogP contribution in [0, 0.1) is 0 Å². The summed E-state index contributed by atoms with van der Waals surface area (Å²) >= 11 is 6.08. The van der Waals surface area contributed by atoms with Crippen LogP contribution in [0.4, 0.5) is 0 Å². The van der Waals surface area contributed by atoms with Crippen molar-refractivity contribution < 1.29 is 14.3 Å². The van der Waals surface area contributed by atoms with E-state index in [9.17, 15) is 9.59 Å². The molecule has 5 nitrogen and oxygen atoms in total. The van der Waals surface area contributed by atoms with Crippen molar-refractivity contribution in [3.8, 4) is 5.75 Å². The lowest BCUT2D eigenvalue weighted by molar-refractivity contribution is -0.142. The number of amides is 2. The zero-order valence-corrected chi connectivity index (χ0v) is 18.0. The Kier molecular flexibility index (Phi) is 9.00. The van der Waals surface area contributed by atoms with Crippen LogP contribution in [-0.4, -0.2) is 35.9 Å². The lowest BCUT2D eigenvalue weighted by Gasteiger charge is -2.28. The van der Waals surface area contributed by atoms with E-state index in [2.05, 4.69) is 12.2 Å². The monoisotopic (exact) mass is 416 g/mol. The van der Waals surface area contributed by atoms with Crippen molar-refractivity contribution in [2.45, 2.75) is 46.2 Å². The van der Waals surface area contributed by atoms with E-state index >= 15 is 0 Å². The van der Waals surface area contributed by atoms with Crippen molar-refractivity contribution >= 4 is 23.4 Å². The van der Waals surface area contributed by atoms with Crippen LogP contribution in [0.15, 0.2) is 48.5 Å². The van der Waals surface area contributed by atoms with Gasteiger partial charge < -0.3 is 15.0 Å². The van der Waals surface area contributed by atoms with Crippen molar-refractivity contribution in [1.29, 1.82) is 0 Å². The van der Waals surface area contributed by atoms with Crippen molar-refractivity contribution in [2.24, 2.45) is 0 Å². The Balaban J connectivity index is 2.11. The van der Waals surface area contributed by atoms with Crippen molar-refractivity contribution in [3.05, 3.63) is 64.7 Å². The summed E-state index contributed by atoms with van der Waals surface area (Å²) in [6, 6.07) is 14.3. The number of rotatable bonds is 10. The second-order valence-electron chi connectivity index (χ2n) is 6.90. The second-order valence-corrected chi connectivity index (χ2v) is 7.34. The van der Waals surface area contributed by atoms with E-state index < -0.39 is 6.04 Å². The highest BCUT2D eigenvalue weighted by Gasteiger charge is 2.26. The van der Waals surface area contributed by atoms with Gasteiger partial charge in [-0.2, -0.15) is 0 Å². The average molecular weight is 417 g/mol. The number of carbonyl (C=O) groups is 2. The van der Waals surface area contributed by atoms with Crippen LogP contribution in [0.2, 0.25) is 5.02 Å². The smallest absolute Gasteiger partial charge is 0.261 e. The first-order valence-corrected chi connectivity index (χ1v) is 10.4. The van der Waals surface area contributed by atoms with Gasteiger partial charge in [0, 0.05) is 18.1 Å². The van der Waals surface area contributed by atoms with Crippen LogP contribution >= 0.6 is 11.6 Å². The predicted octanol–water partition coefficient (Wildman–Crippen LogP) is 4.22. The Hall–Kier alpha value is -2.53. The predicted molar refractivity (Wildman–Crippen MR) is 116 cm³/mol. The van der Waals surface area contributed by atoms with Crippen LogP contribution in [0.25, 0.3) is 0 Å². The molecule has 0 unspecified atom stereocenters. The van der Waals surface area contributed by atoms with Crippen LogP contribution in [0.1, 0.15) is 38.3 Å². The molecule has 0 aliphatic rings. The molecule has 1 atom stereocenters. The zero-order valence-electron chi connectivity index (χ0n) is 17.3. The maximum atomic E-state index is 12.9. The highest BCUT2D eigenvalue weighted by molar-refractivity contribution is 6.30. The summed E-state index contributed by atoms with van der Waals surface area (Å²) in [5.41, 5.74) is 2.06. The van der Waals surface area contributed by atoms with Crippen LogP contribution in [0.5, 0.6) is 5.75 Å². The molecule has 0 saturated carbocycles. The summed E-state index contributed by atoms with van der Waals surface area (Å²) < 4.78 is 5.67. The number of hydrogen-bond donors (Lipinski definition) is 1. The lowest BCUT2D eigenvalue weighted by Crippen LogP contribution is -2.49. The summed E-state index contributed by atoms with van der Waals surface area (Å²) in [6.45, 7) is 6.50. The fourth-order valence-electron chi connectivity index (χ4n) is 2.86. The number of carbonyl (C=O) groups excluding carboxylic acids is 2. The molecule has 2 aromatic rings. The maximum absolute atomic E-state index is 12.9. The third-order valence-electron chi connectivity index (χ3n) is 4.65. The van der Waals surface area contributed by atoms with Crippen LogP contribution < -0.4 is 10.1 Å². The summed E-state index contributed by atoms with van der Waals surface area (Å²) in [4.78, 5) is 26.9. The van der Waals surface area contributed by atoms with E-state index in [1.54, 1.807) is 19.1 Å². The molecule has 0 aromatic heterocycles. The molecule has 0 bridgehead atoms. The van der Waals surface area contributed by atoms with Crippen molar-refractivity contribution in [2.75, 3.05) is 13.2 Å². The quantitative estimate of drug-likeness (QED) is 0.630. The first-order valence-electron chi connectivity index (χ1n) is 9.98. The molecule has 0 aliphatic carbocycles. The van der Waals surface area contributed by atoms with E-state index in [-0.39, 0.29) is 25.0 Å². The van der Waals surface area contributed by atoms with E-state index in [0.29, 0.717) is 17.3 Å². The van der Waals surface area contributed by atoms with Gasteiger partial charge in [-0.15, -0.1) is 0 Å². The van der Waals surface area contributed by atoms with E-state index in [4.69, 9.17) is 16.3 Å². The molecule has 0 radical (unpaired) electrons. The molecule has 6 heteroatoms. The summed E-state index contributed by atoms with van der Waals surface area (Å²) in [7, 11) is 0. The summed E-state index contributed by atoms with van der Waals surface area (Å²) in [6.07, 6.45) is 1.77. The van der Waals surface area contributed by atoms with Gasteiger partial charge in [-0.1, -0.05) is 49.7 Å². The Bertz CT molecular complexity index is 808. The van der Waals surface area contributed by atoms with Gasteiger partial charge in [0.15, 0.2) is 6.61 Å². The number of ether oxygens (including phenoxy) is 1. The highest BCUT2D eigenvalue weighted by atomic mass is 35.5. The Morgan fingerprint density at radius 2 is 1.83 bits per heavy atom. The second kappa shape index (κ2) is 11.5. The molecular weight excluding hydrogens is 388 g/mol. The summed E-state index contributed by atoms with van der Waals surface area (Å²) in [5, 5.41) is 3.44. The van der Waals surface area contributed by atoms with E-state index in [0.717, 1.165) is 18.4 Å². The lowest BCUT2D eigenvalue weighted by atomic mass is 10.1. The molecule has 2 aromatic carbocycles. The Morgan fingerprint density at radius 3 is 2.45 bits per heavy atom. The van der Waals surface area contributed by atoms with Crippen LogP contribution in [-0.2, 0) is 22.6 Å². The molecule has 0 spiro atoms. The number of halogens is 1. The highest BCUT2D eigenvalue weighted by Crippen LogP contribution is 2.16. The first-order chi connectivity index (χ1) is 13.9. The van der Waals surface area contributed by atoms with Gasteiger partial charge in [-0.3, -0.25) is 9.59 Å². The molecule has 0 aliphatic heterocycles. The number of nitrogens with zero attached hydrogens (tertiary/aromatic N) is 1. The molecular formula is C23H29ClN2O3. The van der Waals surface area contributed by atoms with Gasteiger partial charge >= 0.3 is 0 Å². The number of aryl methyl sites for hydroxylation is 1. The van der Waals surface area contributed by atoms with Gasteiger partial charge in [-0.25, -0.2) is 0 Å². The zero-order chi connectivity index (χ0) is 21.2. The SMILES string of the molecule is CCCNC(=O)[C@@H](C)N(Cc1cccc(Cl)c1)C(=O)COc1ccc(CC)cc1. The minimum absolute atomic E-state index is 0.141. The topological polar surface area (TPSA) is 58.6 Å². The van der Waals surface area contributed by atoms with Gasteiger partial charge in [0.25, 0.3) is 5.91 Å². The molecule has 1 N–H and O–H groups in total. The molecule has 0 heterocycles. The Morgan fingerprint density at radius 1 is 1.10 bits per heavy atom. The van der Waals surface area contributed by atoms with Gasteiger partial charge in [0.2, 0.25) is 5.91 Å². The van der Waals surface area contributed by atoms with Crippen molar-refractivity contribution in [3.63, 3.8) is 0 Å². The van der Waals surface area contributed by atoms with E-state index in [1.165, 1.54) is 10.5 Å². The third-order valence-corrected chi connectivity index (χ3v) is 4.89. The minimum atomic E-state index is -0.626. The van der Waals surface area contributed by atoms with Crippen molar-refractivity contribution in [1.82, 2.24) is 10.2 Å².